The number of benzene rings is 2. The third kappa shape index (κ3) is 5.57. The molecule has 0 atom stereocenters. The number of carboxylic acids is 1. The second-order valence-electron chi connectivity index (χ2n) is 7.19. The maximum atomic E-state index is 12.1. The Morgan fingerprint density at radius 1 is 1.19 bits per heavy atom. The molecular weight excluding hydrogens is 507 g/mol. The van der Waals surface area contributed by atoms with Crippen molar-refractivity contribution in [3.8, 4) is 6.07 Å². The SMILES string of the molecule is N#Cc1ccc(C(/N=C/N2CCC(N)CC2)=C(/C=O)c2cccc(C(=O)O)c2)cc1I. The topological polar surface area (TPSA) is 120 Å². The maximum Gasteiger partial charge on any atom is 0.335 e. The molecule has 0 aromatic heterocycles. The van der Waals surface area contributed by atoms with Gasteiger partial charge in [-0.15, -0.1) is 0 Å². The van der Waals surface area contributed by atoms with Crippen molar-refractivity contribution in [1.29, 1.82) is 5.26 Å². The first-order chi connectivity index (χ1) is 14.9. The zero-order chi connectivity index (χ0) is 22.4. The Labute approximate surface area is 194 Å². The molecule has 31 heavy (non-hydrogen) atoms. The molecule has 0 aliphatic carbocycles. The predicted molar refractivity (Wildman–Crippen MR) is 127 cm³/mol. The Morgan fingerprint density at radius 3 is 2.52 bits per heavy atom. The van der Waals surface area contributed by atoms with Gasteiger partial charge in [-0.2, -0.15) is 5.26 Å². The average molecular weight is 528 g/mol. The summed E-state index contributed by atoms with van der Waals surface area (Å²) in [6.07, 6.45) is 4.11. The second kappa shape index (κ2) is 10.3. The largest absolute Gasteiger partial charge is 0.478 e. The lowest BCUT2D eigenvalue weighted by Crippen LogP contribution is -2.38. The van der Waals surface area contributed by atoms with E-state index < -0.39 is 5.97 Å². The quantitative estimate of drug-likeness (QED) is 0.148. The van der Waals surface area contributed by atoms with E-state index in [1.54, 1.807) is 36.7 Å². The smallest absolute Gasteiger partial charge is 0.335 e. The molecule has 0 radical (unpaired) electrons. The lowest BCUT2D eigenvalue weighted by molar-refractivity contribution is -0.103. The maximum absolute atomic E-state index is 12.1. The van der Waals surface area contributed by atoms with Crippen molar-refractivity contribution in [2.75, 3.05) is 13.1 Å². The summed E-state index contributed by atoms with van der Waals surface area (Å²) in [4.78, 5) is 30.2. The summed E-state index contributed by atoms with van der Waals surface area (Å²) < 4.78 is 0.735. The van der Waals surface area contributed by atoms with Crippen LogP contribution in [0.2, 0.25) is 0 Å². The number of carboxylic acid groups (broad SMARTS) is 1. The fraction of sp³-hybridized carbons (Fsp3) is 0.217. The molecule has 2 aromatic rings. The minimum Gasteiger partial charge on any atom is -0.478 e. The first-order valence-electron chi connectivity index (χ1n) is 9.70. The van der Waals surface area contributed by atoms with Crippen LogP contribution in [0.15, 0.2) is 47.5 Å². The minimum absolute atomic E-state index is 0.0830. The fourth-order valence-electron chi connectivity index (χ4n) is 3.31. The number of aldehydes is 1. The van der Waals surface area contributed by atoms with Crippen molar-refractivity contribution < 1.29 is 14.7 Å². The Kier molecular flexibility index (Phi) is 7.55. The van der Waals surface area contributed by atoms with Gasteiger partial charge in [0.2, 0.25) is 0 Å². The van der Waals surface area contributed by atoms with Crippen LogP contribution in [0.5, 0.6) is 0 Å². The number of halogens is 1. The minimum atomic E-state index is -1.07. The molecule has 0 amide bonds. The standard InChI is InChI=1S/C23H21IN4O3/c24-21-11-16(4-5-18(21)12-25)22(27-14-28-8-6-19(26)7-9-28)20(13-29)15-2-1-3-17(10-15)23(30)31/h1-5,10-11,13-14,19H,6-9,26H2,(H,30,31)/b22-20+,27-14+. The van der Waals surface area contributed by atoms with Gasteiger partial charge in [0, 0.05) is 33.8 Å². The van der Waals surface area contributed by atoms with Gasteiger partial charge >= 0.3 is 5.97 Å². The number of piperidine rings is 1. The summed E-state index contributed by atoms with van der Waals surface area (Å²) in [6.45, 7) is 1.54. The zero-order valence-electron chi connectivity index (χ0n) is 16.7. The van der Waals surface area contributed by atoms with E-state index in [9.17, 15) is 20.0 Å². The molecule has 1 aliphatic heterocycles. The second-order valence-corrected chi connectivity index (χ2v) is 8.35. The summed E-state index contributed by atoms with van der Waals surface area (Å²) >= 11 is 2.07. The van der Waals surface area contributed by atoms with Crippen LogP contribution in [0.3, 0.4) is 0 Å². The number of hydrogen-bond donors (Lipinski definition) is 2. The number of hydrogen-bond acceptors (Lipinski definition) is 5. The van der Waals surface area contributed by atoms with Gasteiger partial charge in [-0.3, -0.25) is 4.79 Å². The van der Waals surface area contributed by atoms with E-state index in [1.165, 1.54) is 12.1 Å². The van der Waals surface area contributed by atoms with Crippen LogP contribution in [0.25, 0.3) is 11.3 Å². The van der Waals surface area contributed by atoms with Crippen molar-refractivity contribution in [1.82, 2.24) is 4.90 Å². The highest BCUT2D eigenvalue weighted by Gasteiger charge is 2.16. The van der Waals surface area contributed by atoms with E-state index in [0.717, 1.165) is 29.5 Å². The normalized spacial score (nSPS) is 15.5. The highest BCUT2D eigenvalue weighted by atomic mass is 127. The summed E-state index contributed by atoms with van der Waals surface area (Å²) in [5.74, 6) is -1.07. The summed E-state index contributed by atoms with van der Waals surface area (Å²) in [6, 6.07) is 13.7. The summed E-state index contributed by atoms with van der Waals surface area (Å²) in [5.41, 5.74) is 8.39. The number of carbonyl (C=O) groups is 2. The first kappa shape index (κ1) is 22.7. The number of nitriles is 1. The molecular formula is C23H21IN4O3. The van der Waals surface area contributed by atoms with Crippen LogP contribution >= 0.6 is 22.6 Å². The third-order valence-corrected chi connectivity index (χ3v) is 5.97. The molecule has 8 heteroatoms. The van der Waals surface area contributed by atoms with Crippen molar-refractivity contribution in [3.05, 3.63) is 68.3 Å². The van der Waals surface area contributed by atoms with Crippen LogP contribution < -0.4 is 5.73 Å². The zero-order valence-corrected chi connectivity index (χ0v) is 18.8. The molecule has 3 rings (SSSR count). The number of aromatic carboxylic acids is 1. The van der Waals surface area contributed by atoms with Crippen molar-refractivity contribution in [3.63, 3.8) is 0 Å². The first-order valence-corrected chi connectivity index (χ1v) is 10.8. The lowest BCUT2D eigenvalue weighted by atomic mass is 9.98. The van der Waals surface area contributed by atoms with E-state index >= 15 is 0 Å². The van der Waals surface area contributed by atoms with Gasteiger partial charge in [-0.25, -0.2) is 9.79 Å². The van der Waals surface area contributed by atoms with E-state index in [-0.39, 0.29) is 17.2 Å². The van der Waals surface area contributed by atoms with Gasteiger partial charge in [0.1, 0.15) is 6.07 Å². The van der Waals surface area contributed by atoms with Gasteiger partial charge in [0.15, 0.2) is 6.29 Å². The molecule has 1 saturated heterocycles. The van der Waals surface area contributed by atoms with Gasteiger partial charge in [0.25, 0.3) is 0 Å². The van der Waals surface area contributed by atoms with Crippen molar-refractivity contribution in [2.24, 2.45) is 10.7 Å². The molecule has 1 aliphatic rings. The number of carbonyl (C=O) groups excluding carboxylic acids is 1. The molecule has 1 heterocycles. The van der Waals surface area contributed by atoms with Crippen LogP contribution in [0, 0.1) is 14.9 Å². The predicted octanol–water partition coefficient (Wildman–Crippen LogP) is 3.38. The Bertz CT molecular complexity index is 1100. The Morgan fingerprint density at radius 2 is 1.90 bits per heavy atom. The van der Waals surface area contributed by atoms with Crippen molar-refractivity contribution >= 4 is 52.5 Å². The molecule has 0 bridgehead atoms. The Balaban J connectivity index is 2.12. The Hall–Kier alpha value is -3.03. The van der Waals surface area contributed by atoms with Crippen LogP contribution in [0.1, 0.15) is 39.9 Å². The number of allylic oxidation sites excluding steroid dienone is 1. The number of nitrogens with two attached hydrogens (primary N) is 1. The van der Waals surface area contributed by atoms with Crippen LogP contribution in [0.4, 0.5) is 0 Å². The van der Waals surface area contributed by atoms with Gasteiger partial charge in [-0.05, 0) is 65.3 Å². The lowest BCUT2D eigenvalue weighted by Gasteiger charge is -2.28. The van der Waals surface area contributed by atoms with Crippen molar-refractivity contribution in [2.45, 2.75) is 18.9 Å². The monoisotopic (exact) mass is 528 g/mol. The van der Waals surface area contributed by atoms with Gasteiger partial charge in [0.05, 0.1) is 23.2 Å². The van der Waals surface area contributed by atoms with Crippen LogP contribution in [-0.4, -0.2) is 47.7 Å². The number of aliphatic imine (C=N–C) groups is 1. The van der Waals surface area contributed by atoms with Crippen LogP contribution in [-0.2, 0) is 4.79 Å². The third-order valence-electron chi connectivity index (χ3n) is 5.08. The summed E-state index contributed by atoms with van der Waals surface area (Å²) in [5, 5.41) is 18.6. The molecule has 2 aromatic carbocycles. The highest BCUT2D eigenvalue weighted by molar-refractivity contribution is 14.1. The van der Waals surface area contributed by atoms with E-state index in [0.29, 0.717) is 28.7 Å². The van der Waals surface area contributed by atoms with Gasteiger partial charge in [-0.1, -0.05) is 18.2 Å². The van der Waals surface area contributed by atoms with Gasteiger partial charge < -0.3 is 15.7 Å². The molecule has 0 unspecified atom stereocenters. The molecule has 158 valence electrons. The molecule has 0 spiro atoms. The highest BCUT2D eigenvalue weighted by Crippen LogP contribution is 2.29. The van der Waals surface area contributed by atoms with E-state index in [4.69, 9.17) is 5.73 Å². The molecule has 3 N–H and O–H groups in total. The molecule has 1 fully saturated rings. The fourth-order valence-corrected chi connectivity index (χ4v) is 3.94. The summed E-state index contributed by atoms with van der Waals surface area (Å²) in [7, 11) is 0. The number of likely N-dealkylation sites (tertiary alicyclic amines) is 1. The molecule has 7 nitrogen and oxygen atoms in total. The number of nitrogens with zero attached hydrogens (tertiary/aromatic N) is 3. The number of rotatable bonds is 6. The average Bonchev–Trinajstić information content (AvgIpc) is 2.77. The van der Waals surface area contributed by atoms with E-state index in [1.807, 2.05) is 4.90 Å². The van der Waals surface area contributed by atoms with E-state index in [2.05, 4.69) is 33.7 Å². The molecule has 0 saturated carbocycles.